The van der Waals surface area contributed by atoms with Crippen molar-refractivity contribution in [3.05, 3.63) is 95.3 Å². The van der Waals surface area contributed by atoms with Crippen LogP contribution in [0.5, 0.6) is 11.5 Å². The van der Waals surface area contributed by atoms with E-state index in [1.54, 1.807) is 37.4 Å². The first-order valence-corrected chi connectivity index (χ1v) is 10.0. The van der Waals surface area contributed by atoms with Crippen molar-refractivity contribution in [1.82, 2.24) is 10.2 Å². The topological polar surface area (TPSA) is 50.8 Å². The molecule has 0 aliphatic heterocycles. The van der Waals surface area contributed by atoms with Gasteiger partial charge in [0.25, 0.3) is 5.91 Å². The molecule has 3 aromatic carbocycles. The molecule has 0 aliphatic rings. The summed E-state index contributed by atoms with van der Waals surface area (Å²) in [5.74, 6) is 0.738. The van der Waals surface area contributed by atoms with Crippen molar-refractivity contribution >= 4 is 5.91 Å². The van der Waals surface area contributed by atoms with Crippen molar-refractivity contribution in [3.63, 3.8) is 0 Å². The smallest absolute Gasteiger partial charge is 0.255 e. The van der Waals surface area contributed by atoms with Crippen LogP contribution in [-0.4, -0.2) is 38.6 Å². The summed E-state index contributed by atoms with van der Waals surface area (Å²) in [5.41, 5.74) is 2.32. The molecule has 3 aromatic rings. The number of amides is 1. The van der Waals surface area contributed by atoms with E-state index in [1.807, 2.05) is 49.3 Å². The number of hydrogen-bond donors (Lipinski definition) is 1. The zero-order valence-electron chi connectivity index (χ0n) is 18.0. The second-order valence-corrected chi connectivity index (χ2v) is 7.38. The molecule has 31 heavy (non-hydrogen) atoms. The van der Waals surface area contributed by atoms with Crippen LogP contribution in [0.4, 0.5) is 4.39 Å². The Morgan fingerprint density at radius 2 is 1.77 bits per heavy atom. The van der Waals surface area contributed by atoms with E-state index in [4.69, 9.17) is 9.47 Å². The Kier molecular flexibility index (Phi) is 7.62. The highest BCUT2D eigenvalue weighted by Crippen LogP contribution is 2.23. The fourth-order valence-electron chi connectivity index (χ4n) is 3.25. The first-order chi connectivity index (χ1) is 15.0. The van der Waals surface area contributed by atoms with Crippen LogP contribution in [0.1, 0.15) is 27.5 Å². The van der Waals surface area contributed by atoms with E-state index in [9.17, 15) is 9.18 Å². The third kappa shape index (κ3) is 6.06. The molecule has 5 nitrogen and oxygen atoms in total. The van der Waals surface area contributed by atoms with Gasteiger partial charge in [0, 0.05) is 6.54 Å². The van der Waals surface area contributed by atoms with Crippen LogP contribution in [0, 0.1) is 5.82 Å². The maximum absolute atomic E-state index is 13.1. The fourth-order valence-corrected chi connectivity index (χ4v) is 3.25. The summed E-state index contributed by atoms with van der Waals surface area (Å²) >= 11 is 0. The number of carbonyl (C=O) groups excluding carboxylic acids is 1. The van der Waals surface area contributed by atoms with Gasteiger partial charge in [-0.15, -0.1) is 0 Å². The number of carbonyl (C=O) groups is 1. The lowest BCUT2D eigenvalue weighted by Gasteiger charge is -2.25. The lowest BCUT2D eigenvalue weighted by molar-refractivity contribution is 0.0937. The zero-order chi connectivity index (χ0) is 22.2. The van der Waals surface area contributed by atoms with E-state index in [-0.39, 0.29) is 24.4 Å². The Morgan fingerprint density at radius 1 is 1.03 bits per heavy atom. The largest absolute Gasteiger partial charge is 0.497 e. The Balaban J connectivity index is 1.68. The molecule has 0 heterocycles. The van der Waals surface area contributed by atoms with Gasteiger partial charge in [-0.25, -0.2) is 4.39 Å². The van der Waals surface area contributed by atoms with E-state index in [2.05, 4.69) is 5.32 Å². The SMILES string of the molecule is COc1cccc(C(CNC(=O)c2ccccc2OCc2ccc(F)cc2)N(C)C)c1. The molecule has 1 N–H and O–H groups in total. The van der Waals surface area contributed by atoms with E-state index >= 15 is 0 Å². The van der Waals surface area contributed by atoms with Crippen LogP contribution >= 0.6 is 0 Å². The summed E-state index contributed by atoms with van der Waals surface area (Å²) in [4.78, 5) is 15.0. The second-order valence-electron chi connectivity index (χ2n) is 7.38. The molecular formula is C25H27FN2O3. The highest BCUT2D eigenvalue weighted by molar-refractivity contribution is 5.96. The number of hydrogen-bond acceptors (Lipinski definition) is 4. The molecular weight excluding hydrogens is 395 g/mol. The van der Waals surface area contributed by atoms with Gasteiger partial charge in [-0.3, -0.25) is 4.79 Å². The summed E-state index contributed by atoms with van der Waals surface area (Å²) in [6, 6.07) is 21.0. The molecule has 0 radical (unpaired) electrons. The van der Waals surface area contributed by atoms with Crippen molar-refractivity contribution in [3.8, 4) is 11.5 Å². The van der Waals surface area contributed by atoms with Gasteiger partial charge in [-0.1, -0.05) is 36.4 Å². The van der Waals surface area contributed by atoms with Gasteiger partial charge in [0.05, 0.1) is 18.7 Å². The van der Waals surface area contributed by atoms with Gasteiger partial charge >= 0.3 is 0 Å². The number of nitrogens with one attached hydrogen (secondary N) is 1. The molecule has 0 fully saturated rings. The van der Waals surface area contributed by atoms with Gasteiger partial charge in [0.15, 0.2) is 0 Å². The molecule has 3 rings (SSSR count). The maximum atomic E-state index is 13.1. The maximum Gasteiger partial charge on any atom is 0.255 e. The molecule has 0 aromatic heterocycles. The number of benzene rings is 3. The van der Waals surface area contributed by atoms with Crippen molar-refractivity contribution in [2.75, 3.05) is 27.7 Å². The Morgan fingerprint density at radius 3 is 2.48 bits per heavy atom. The van der Waals surface area contributed by atoms with Crippen molar-refractivity contribution in [2.45, 2.75) is 12.6 Å². The highest BCUT2D eigenvalue weighted by Gasteiger charge is 2.18. The number of methoxy groups -OCH3 is 1. The van der Waals surface area contributed by atoms with E-state index in [0.29, 0.717) is 17.9 Å². The molecule has 0 aliphatic carbocycles. The van der Waals surface area contributed by atoms with Crippen LogP contribution in [0.15, 0.2) is 72.8 Å². The van der Waals surface area contributed by atoms with E-state index in [1.165, 1.54) is 12.1 Å². The van der Waals surface area contributed by atoms with Crippen LogP contribution < -0.4 is 14.8 Å². The van der Waals surface area contributed by atoms with Crippen LogP contribution in [0.2, 0.25) is 0 Å². The highest BCUT2D eigenvalue weighted by atomic mass is 19.1. The van der Waals surface area contributed by atoms with Crippen LogP contribution in [-0.2, 0) is 6.61 Å². The fraction of sp³-hybridized carbons (Fsp3) is 0.240. The monoisotopic (exact) mass is 422 g/mol. The van der Waals surface area contributed by atoms with Gasteiger partial charge in [-0.2, -0.15) is 0 Å². The average molecular weight is 423 g/mol. The van der Waals surface area contributed by atoms with Gasteiger partial charge in [-0.05, 0) is 61.6 Å². The summed E-state index contributed by atoms with van der Waals surface area (Å²) in [5, 5.41) is 3.01. The average Bonchev–Trinajstić information content (AvgIpc) is 2.79. The minimum Gasteiger partial charge on any atom is -0.497 e. The molecule has 1 amide bonds. The van der Waals surface area contributed by atoms with Crippen molar-refractivity contribution < 1.29 is 18.7 Å². The number of rotatable bonds is 9. The normalized spacial score (nSPS) is 11.8. The predicted octanol–water partition coefficient (Wildman–Crippen LogP) is 4.45. The number of para-hydroxylation sites is 1. The van der Waals surface area contributed by atoms with E-state index < -0.39 is 0 Å². The first-order valence-electron chi connectivity index (χ1n) is 10.0. The molecule has 162 valence electrons. The van der Waals surface area contributed by atoms with Crippen molar-refractivity contribution in [2.24, 2.45) is 0 Å². The molecule has 1 atom stereocenters. The minimum absolute atomic E-state index is 0.0219. The first kappa shape index (κ1) is 22.3. The second kappa shape index (κ2) is 10.6. The summed E-state index contributed by atoms with van der Waals surface area (Å²) in [7, 11) is 5.57. The lowest BCUT2D eigenvalue weighted by Crippen LogP contribution is -2.34. The Bertz CT molecular complexity index is 1010. The number of halogens is 1. The Hall–Kier alpha value is -3.38. The standard InChI is InChI=1S/C25H27FN2O3/c1-28(2)23(19-7-6-8-21(15-19)30-3)16-27-25(29)22-9-4-5-10-24(22)31-17-18-11-13-20(26)14-12-18/h4-15,23H,16-17H2,1-3H3,(H,27,29). The Labute approximate surface area is 182 Å². The van der Waals surface area contributed by atoms with Gasteiger partial charge in [0.2, 0.25) is 0 Å². The van der Waals surface area contributed by atoms with Gasteiger partial charge in [0.1, 0.15) is 23.9 Å². The van der Waals surface area contributed by atoms with Crippen LogP contribution in [0.25, 0.3) is 0 Å². The molecule has 1 unspecified atom stereocenters. The van der Waals surface area contributed by atoms with Crippen LogP contribution in [0.3, 0.4) is 0 Å². The summed E-state index contributed by atoms with van der Waals surface area (Å²) in [6.45, 7) is 0.667. The quantitative estimate of drug-likeness (QED) is 0.554. The summed E-state index contributed by atoms with van der Waals surface area (Å²) < 4.78 is 24.3. The summed E-state index contributed by atoms with van der Waals surface area (Å²) in [6.07, 6.45) is 0. The minimum atomic E-state index is -0.296. The third-order valence-electron chi connectivity index (χ3n) is 5.00. The van der Waals surface area contributed by atoms with Gasteiger partial charge < -0.3 is 19.7 Å². The molecule has 0 bridgehead atoms. The third-order valence-corrected chi connectivity index (χ3v) is 5.00. The lowest BCUT2D eigenvalue weighted by atomic mass is 10.1. The number of nitrogens with zero attached hydrogens (tertiary/aromatic N) is 1. The number of ether oxygens (including phenoxy) is 2. The molecule has 0 saturated carbocycles. The predicted molar refractivity (Wildman–Crippen MR) is 119 cm³/mol. The van der Waals surface area contributed by atoms with Crippen molar-refractivity contribution in [1.29, 1.82) is 0 Å². The molecule has 0 spiro atoms. The number of likely N-dealkylation sites (N-methyl/N-ethyl adjacent to an activating group) is 1. The molecule has 0 saturated heterocycles. The molecule has 6 heteroatoms. The zero-order valence-corrected chi connectivity index (χ0v) is 18.0. The van der Waals surface area contributed by atoms with E-state index in [0.717, 1.165) is 16.9 Å².